The fourth-order valence-electron chi connectivity index (χ4n) is 3.65. The van der Waals surface area contributed by atoms with E-state index in [2.05, 4.69) is 23.2 Å². The molecule has 0 atom stereocenters. The quantitative estimate of drug-likeness (QED) is 0.439. The number of hydrogen-bond donors (Lipinski definition) is 0. The van der Waals surface area contributed by atoms with Gasteiger partial charge in [-0.2, -0.15) is 0 Å². The molecule has 1 aliphatic rings. The smallest absolute Gasteiger partial charge is 0.359 e. The lowest BCUT2D eigenvalue weighted by Crippen LogP contribution is -2.36. The largest absolute Gasteiger partial charge is 0.463 e. The second-order valence-electron chi connectivity index (χ2n) is 7.63. The summed E-state index contributed by atoms with van der Waals surface area (Å²) in [6.45, 7) is 8.62. The third kappa shape index (κ3) is 5.44. The van der Waals surface area contributed by atoms with Gasteiger partial charge < -0.3 is 14.4 Å². The molecule has 1 heterocycles. The van der Waals surface area contributed by atoms with E-state index in [-0.39, 0.29) is 18.9 Å². The van der Waals surface area contributed by atoms with Crippen LogP contribution in [0.4, 0.5) is 11.4 Å². The zero-order valence-corrected chi connectivity index (χ0v) is 19.2. The fourth-order valence-corrected chi connectivity index (χ4v) is 3.65. The fraction of sp³-hybridized carbons (Fsp3) is 0.346. The summed E-state index contributed by atoms with van der Waals surface area (Å²) in [4.78, 5) is 31.7. The van der Waals surface area contributed by atoms with Crippen molar-refractivity contribution in [1.82, 2.24) is 0 Å². The van der Waals surface area contributed by atoms with Crippen LogP contribution >= 0.6 is 0 Å². The van der Waals surface area contributed by atoms with Crippen molar-refractivity contribution >= 4 is 29.0 Å². The maximum Gasteiger partial charge on any atom is 0.359 e. The maximum absolute atomic E-state index is 12.8. The molecule has 6 heteroatoms. The highest BCUT2D eigenvalue weighted by Crippen LogP contribution is 2.39. The first kappa shape index (κ1) is 23.3. The highest BCUT2D eigenvalue weighted by molar-refractivity contribution is 6.45. The van der Waals surface area contributed by atoms with Gasteiger partial charge in [0.15, 0.2) is 5.71 Å². The molecule has 0 unspecified atom stereocenters. The summed E-state index contributed by atoms with van der Waals surface area (Å²) in [5, 5.41) is 0. The molecule has 6 nitrogen and oxygen atoms in total. The van der Waals surface area contributed by atoms with Crippen molar-refractivity contribution in [2.45, 2.75) is 40.5 Å². The lowest BCUT2D eigenvalue weighted by atomic mass is 10.0. The van der Waals surface area contributed by atoms with Gasteiger partial charge in [-0.3, -0.25) is 0 Å². The van der Waals surface area contributed by atoms with E-state index in [1.807, 2.05) is 43.0 Å². The topological polar surface area (TPSA) is 68.2 Å². The van der Waals surface area contributed by atoms with Crippen LogP contribution in [0.1, 0.15) is 37.0 Å². The van der Waals surface area contributed by atoms with Gasteiger partial charge in [0.05, 0.1) is 30.3 Å². The van der Waals surface area contributed by atoms with E-state index < -0.39 is 11.9 Å². The third-order valence-corrected chi connectivity index (χ3v) is 5.35. The average Bonchev–Trinajstić information content (AvgIpc) is 2.77. The number of hydrogen-bond acceptors (Lipinski definition) is 6. The van der Waals surface area contributed by atoms with Gasteiger partial charge in [-0.05, 0) is 69.4 Å². The van der Waals surface area contributed by atoms with Gasteiger partial charge in [0.25, 0.3) is 0 Å². The van der Waals surface area contributed by atoms with Crippen LogP contribution in [0.15, 0.2) is 59.2 Å². The molecule has 3 rings (SSSR count). The molecule has 0 saturated heterocycles. The predicted molar refractivity (Wildman–Crippen MR) is 126 cm³/mol. The summed E-state index contributed by atoms with van der Waals surface area (Å²) in [5.41, 5.74) is 5.52. The van der Waals surface area contributed by atoms with E-state index in [0.717, 1.165) is 29.7 Å². The summed E-state index contributed by atoms with van der Waals surface area (Å²) in [6, 6.07) is 14.3. The Bertz CT molecular complexity index is 1040. The molecule has 0 fully saturated rings. The SMILES string of the molecule is CCOC(=O)C=C1C(C(=O)OCC)=Nc2cc(C)c(C)cc2N1CCCc1ccccc1. The van der Waals surface area contributed by atoms with Crippen LogP contribution in [0.2, 0.25) is 0 Å². The van der Waals surface area contributed by atoms with Gasteiger partial charge in [-0.15, -0.1) is 0 Å². The molecule has 0 radical (unpaired) electrons. The van der Waals surface area contributed by atoms with Crippen LogP contribution in [0.3, 0.4) is 0 Å². The molecule has 0 aromatic heterocycles. The minimum atomic E-state index is -0.556. The predicted octanol–water partition coefficient (Wildman–Crippen LogP) is 4.84. The minimum absolute atomic E-state index is 0.121. The first-order valence-corrected chi connectivity index (χ1v) is 11.0. The van der Waals surface area contributed by atoms with Crippen LogP contribution in [0, 0.1) is 13.8 Å². The second-order valence-corrected chi connectivity index (χ2v) is 7.63. The highest BCUT2D eigenvalue weighted by atomic mass is 16.5. The number of ether oxygens (including phenoxy) is 2. The van der Waals surface area contributed by atoms with Crippen molar-refractivity contribution in [1.29, 1.82) is 0 Å². The average molecular weight is 435 g/mol. The monoisotopic (exact) mass is 434 g/mol. The van der Waals surface area contributed by atoms with Gasteiger partial charge >= 0.3 is 11.9 Å². The van der Waals surface area contributed by atoms with E-state index in [1.165, 1.54) is 11.6 Å². The number of carbonyl (C=O) groups is 2. The molecule has 0 aliphatic carbocycles. The first-order chi connectivity index (χ1) is 15.4. The molecule has 0 amide bonds. The van der Waals surface area contributed by atoms with E-state index in [9.17, 15) is 9.59 Å². The number of aryl methyl sites for hydroxylation is 3. The van der Waals surface area contributed by atoms with Crippen LogP contribution in [-0.4, -0.2) is 37.4 Å². The standard InChI is InChI=1S/C26H30N2O4/c1-5-31-24(29)17-23-25(26(30)32-6-2)27-21-15-18(3)19(4)16-22(21)28(23)14-10-13-20-11-8-7-9-12-20/h7-9,11-12,15-17H,5-6,10,13-14H2,1-4H3. The molecule has 0 saturated carbocycles. The van der Waals surface area contributed by atoms with E-state index in [1.54, 1.807) is 13.8 Å². The number of anilines is 1. The van der Waals surface area contributed by atoms with Crippen LogP contribution < -0.4 is 4.90 Å². The summed E-state index contributed by atoms with van der Waals surface area (Å²) >= 11 is 0. The number of aliphatic imine (C=N–C) groups is 1. The van der Waals surface area contributed by atoms with Crippen molar-refractivity contribution in [3.8, 4) is 0 Å². The number of nitrogens with zero attached hydrogens (tertiary/aromatic N) is 2. The number of fused-ring (bicyclic) bond motifs is 1. The Labute approximate surface area is 189 Å². The Balaban J connectivity index is 2.03. The molecule has 0 spiro atoms. The zero-order valence-electron chi connectivity index (χ0n) is 19.2. The molecule has 1 aliphatic heterocycles. The van der Waals surface area contributed by atoms with Gasteiger partial charge in [-0.25, -0.2) is 14.6 Å². The normalized spacial score (nSPS) is 14.1. The van der Waals surface area contributed by atoms with Gasteiger partial charge in [-0.1, -0.05) is 30.3 Å². The molecule has 32 heavy (non-hydrogen) atoms. The van der Waals surface area contributed by atoms with Crippen LogP contribution in [0.25, 0.3) is 0 Å². The van der Waals surface area contributed by atoms with Gasteiger partial charge in [0, 0.05) is 12.6 Å². The van der Waals surface area contributed by atoms with Crippen molar-refractivity contribution in [3.05, 3.63) is 70.9 Å². The molecule has 2 aromatic carbocycles. The van der Waals surface area contributed by atoms with Crippen LogP contribution in [0.5, 0.6) is 0 Å². The first-order valence-electron chi connectivity index (χ1n) is 11.0. The molecule has 168 valence electrons. The molecule has 0 bridgehead atoms. The highest BCUT2D eigenvalue weighted by Gasteiger charge is 2.31. The second kappa shape index (κ2) is 10.8. The molecular formula is C26H30N2O4. The summed E-state index contributed by atoms with van der Waals surface area (Å²) in [6.07, 6.45) is 3.04. The Morgan fingerprint density at radius 3 is 2.38 bits per heavy atom. The Morgan fingerprint density at radius 2 is 1.69 bits per heavy atom. The maximum atomic E-state index is 12.8. The van der Waals surface area contributed by atoms with Crippen LogP contribution in [-0.2, 0) is 25.5 Å². The van der Waals surface area contributed by atoms with Crippen molar-refractivity contribution in [3.63, 3.8) is 0 Å². The van der Waals surface area contributed by atoms with E-state index >= 15 is 0 Å². The zero-order chi connectivity index (χ0) is 23.1. The number of rotatable bonds is 8. The molecular weight excluding hydrogens is 404 g/mol. The molecule has 2 aromatic rings. The lowest BCUT2D eigenvalue weighted by Gasteiger charge is -2.33. The third-order valence-electron chi connectivity index (χ3n) is 5.35. The number of benzene rings is 2. The van der Waals surface area contributed by atoms with Crippen molar-refractivity contribution in [2.75, 3.05) is 24.7 Å². The Morgan fingerprint density at radius 1 is 1.00 bits per heavy atom. The van der Waals surface area contributed by atoms with Gasteiger partial charge in [0.1, 0.15) is 0 Å². The van der Waals surface area contributed by atoms with Crippen molar-refractivity contribution in [2.24, 2.45) is 4.99 Å². The summed E-state index contributed by atoms with van der Waals surface area (Å²) in [5.74, 6) is -1.07. The molecule has 0 N–H and O–H groups in total. The summed E-state index contributed by atoms with van der Waals surface area (Å²) in [7, 11) is 0. The lowest BCUT2D eigenvalue weighted by molar-refractivity contribution is -0.137. The van der Waals surface area contributed by atoms with Gasteiger partial charge in [0.2, 0.25) is 0 Å². The van der Waals surface area contributed by atoms with E-state index in [0.29, 0.717) is 17.9 Å². The number of carbonyl (C=O) groups excluding carboxylic acids is 2. The Hall–Kier alpha value is -3.41. The Kier molecular flexibility index (Phi) is 7.82. The van der Waals surface area contributed by atoms with Crippen molar-refractivity contribution < 1.29 is 19.1 Å². The van der Waals surface area contributed by atoms with E-state index in [4.69, 9.17) is 9.47 Å². The number of esters is 2. The summed E-state index contributed by atoms with van der Waals surface area (Å²) < 4.78 is 10.4. The minimum Gasteiger partial charge on any atom is -0.463 e.